The SMILES string of the molecule is Cn1c(SCC(=O)Nc2cc(C(=O)O)cc([N+](=O)[O-])c2)nnc1-c1cnccn1. The molecule has 29 heavy (non-hydrogen) atoms. The molecular formula is C16H13N7O5S. The van der Waals surface area contributed by atoms with E-state index in [9.17, 15) is 19.7 Å². The normalized spacial score (nSPS) is 10.5. The molecule has 3 aromatic rings. The Morgan fingerprint density at radius 1 is 1.28 bits per heavy atom. The van der Waals surface area contributed by atoms with Crippen LogP contribution in [0.3, 0.4) is 0 Å². The van der Waals surface area contributed by atoms with Crippen molar-refractivity contribution in [2.24, 2.45) is 7.05 Å². The third-order valence-corrected chi connectivity index (χ3v) is 4.64. The molecule has 3 rings (SSSR count). The van der Waals surface area contributed by atoms with Crippen molar-refractivity contribution in [1.29, 1.82) is 0 Å². The topological polar surface area (TPSA) is 166 Å². The van der Waals surface area contributed by atoms with Crippen LogP contribution in [0.15, 0.2) is 41.9 Å². The molecule has 0 fully saturated rings. The predicted octanol–water partition coefficient (Wildman–Crippen LogP) is 1.61. The number of carbonyl (C=O) groups excluding carboxylic acids is 1. The second-order valence-corrected chi connectivity index (χ2v) is 6.57. The molecule has 0 radical (unpaired) electrons. The molecule has 0 aliphatic rings. The lowest BCUT2D eigenvalue weighted by Crippen LogP contribution is -2.15. The number of carboxylic acids is 1. The standard InChI is InChI=1S/C16H13N7O5S/c1-22-14(12-7-17-2-3-18-12)20-21-16(22)29-8-13(24)19-10-4-9(15(25)26)5-11(6-10)23(27)28/h2-7H,8H2,1H3,(H,19,24)(H,25,26). The van der Waals surface area contributed by atoms with Crippen LogP contribution < -0.4 is 5.32 Å². The van der Waals surface area contributed by atoms with E-state index in [1.165, 1.54) is 18.6 Å². The van der Waals surface area contributed by atoms with Crippen LogP contribution in [0.5, 0.6) is 0 Å². The van der Waals surface area contributed by atoms with Crippen LogP contribution in [0.25, 0.3) is 11.5 Å². The highest BCUT2D eigenvalue weighted by Gasteiger charge is 2.17. The summed E-state index contributed by atoms with van der Waals surface area (Å²) in [5.41, 5.74) is -0.198. The average molecular weight is 415 g/mol. The van der Waals surface area contributed by atoms with Gasteiger partial charge in [-0.1, -0.05) is 11.8 Å². The number of hydrogen-bond donors (Lipinski definition) is 2. The largest absolute Gasteiger partial charge is 0.478 e. The fourth-order valence-electron chi connectivity index (χ4n) is 2.32. The number of carbonyl (C=O) groups is 2. The molecule has 12 nitrogen and oxygen atoms in total. The molecule has 1 amide bonds. The highest BCUT2D eigenvalue weighted by molar-refractivity contribution is 7.99. The molecule has 148 valence electrons. The lowest BCUT2D eigenvalue weighted by Gasteiger charge is -2.06. The number of rotatable bonds is 7. The lowest BCUT2D eigenvalue weighted by atomic mass is 10.1. The zero-order chi connectivity index (χ0) is 21.0. The molecular weight excluding hydrogens is 402 g/mol. The summed E-state index contributed by atoms with van der Waals surface area (Å²) in [5.74, 6) is -1.42. The van der Waals surface area contributed by atoms with E-state index >= 15 is 0 Å². The van der Waals surface area contributed by atoms with Crippen LogP contribution in [-0.4, -0.2) is 52.4 Å². The number of non-ortho nitro benzene ring substituents is 1. The van der Waals surface area contributed by atoms with Crippen molar-refractivity contribution in [3.63, 3.8) is 0 Å². The Balaban J connectivity index is 1.69. The van der Waals surface area contributed by atoms with Crippen LogP contribution >= 0.6 is 11.8 Å². The number of nitro groups is 1. The van der Waals surface area contributed by atoms with Crippen LogP contribution in [0.2, 0.25) is 0 Å². The number of benzene rings is 1. The molecule has 0 saturated heterocycles. The number of carboxylic acid groups (broad SMARTS) is 1. The van der Waals surface area contributed by atoms with E-state index in [1.807, 2.05) is 0 Å². The van der Waals surface area contributed by atoms with Gasteiger partial charge >= 0.3 is 5.97 Å². The van der Waals surface area contributed by atoms with Gasteiger partial charge in [0, 0.05) is 37.3 Å². The zero-order valence-corrected chi connectivity index (χ0v) is 15.7. The number of aromatic nitrogens is 5. The van der Waals surface area contributed by atoms with Crippen LogP contribution in [0, 0.1) is 10.1 Å². The van der Waals surface area contributed by atoms with Gasteiger partial charge in [0.25, 0.3) is 5.69 Å². The summed E-state index contributed by atoms with van der Waals surface area (Å²) in [6.45, 7) is 0. The van der Waals surface area contributed by atoms with E-state index < -0.39 is 22.5 Å². The minimum atomic E-state index is -1.34. The number of hydrogen-bond acceptors (Lipinski definition) is 9. The Bertz CT molecular complexity index is 1050. The molecule has 1 aromatic carbocycles. The first-order valence-corrected chi connectivity index (χ1v) is 8.95. The van der Waals surface area contributed by atoms with Gasteiger partial charge in [0.15, 0.2) is 11.0 Å². The fraction of sp³-hybridized carbons (Fsp3) is 0.125. The van der Waals surface area contributed by atoms with Gasteiger partial charge in [0.1, 0.15) is 5.69 Å². The number of nitrogens with one attached hydrogen (secondary N) is 1. The quantitative estimate of drug-likeness (QED) is 0.329. The first-order valence-electron chi connectivity index (χ1n) is 7.96. The monoisotopic (exact) mass is 415 g/mol. The molecule has 0 aliphatic heterocycles. The number of nitro benzene ring substituents is 1. The van der Waals surface area contributed by atoms with E-state index in [-0.39, 0.29) is 17.0 Å². The molecule has 2 N–H and O–H groups in total. The van der Waals surface area contributed by atoms with E-state index in [0.717, 1.165) is 30.0 Å². The fourth-order valence-corrected chi connectivity index (χ4v) is 3.03. The van der Waals surface area contributed by atoms with Gasteiger partial charge in [-0.15, -0.1) is 10.2 Å². The van der Waals surface area contributed by atoms with Crippen molar-refractivity contribution in [2.45, 2.75) is 5.16 Å². The second-order valence-electron chi connectivity index (χ2n) is 5.62. The lowest BCUT2D eigenvalue weighted by molar-refractivity contribution is -0.384. The first kappa shape index (κ1) is 19.9. The Kier molecular flexibility index (Phi) is 5.78. The molecule has 2 heterocycles. The first-order chi connectivity index (χ1) is 13.8. The minimum Gasteiger partial charge on any atom is -0.478 e. The third-order valence-electron chi connectivity index (χ3n) is 3.62. The minimum absolute atomic E-state index is 0.0143. The van der Waals surface area contributed by atoms with Crippen LogP contribution in [0.4, 0.5) is 11.4 Å². The van der Waals surface area contributed by atoms with Crippen molar-refractivity contribution in [2.75, 3.05) is 11.1 Å². The highest BCUT2D eigenvalue weighted by atomic mass is 32.2. The average Bonchev–Trinajstić information content (AvgIpc) is 3.07. The Labute approximate surface area is 167 Å². The number of amides is 1. The predicted molar refractivity (Wildman–Crippen MR) is 101 cm³/mol. The smallest absolute Gasteiger partial charge is 0.336 e. The van der Waals surface area contributed by atoms with Gasteiger partial charge in [-0.2, -0.15) is 0 Å². The molecule has 0 atom stereocenters. The summed E-state index contributed by atoms with van der Waals surface area (Å²) in [7, 11) is 1.71. The number of aromatic carboxylic acids is 1. The molecule has 0 spiro atoms. The summed E-state index contributed by atoms with van der Waals surface area (Å²) in [6.07, 6.45) is 4.59. The Hall–Kier alpha value is -3.87. The van der Waals surface area contributed by atoms with Gasteiger partial charge in [0.2, 0.25) is 5.91 Å². The molecule has 0 unspecified atom stereocenters. The van der Waals surface area contributed by atoms with Crippen LogP contribution in [-0.2, 0) is 11.8 Å². The van der Waals surface area contributed by atoms with Gasteiger partial charge in [-0.05, 0) is 6.07 Å². The van der Waals surface area contributed by atoms with Gasteiger partial charge in [-0.25, -0.2) is 9.78 Å². The molecule has 0 saturated carbocycles. The maximum Gasteiger partial charge on any atom is 0.336 e. The molecule has 0 aliphatic carbocycles. The number of anilines is 1. The maximum absolute atomic E-state index is 12.2. The second kappa shape index (κ2) is 8.43. The van der Waals surface area contributed by atoms with E-state index in [2.05, 4.69) is 25.5 Å². The molecule has 2 aromatic heterocycles. The third kappa shape index (κ3) is 4.70. The maximum atomic E-state index is 12.2. The number of nitrogens with zero attached hydrogens (tertiary/aromatic N) is 6. The highest BCUT2D eigenvalue weighted by Crippen LogP contribution is 2.23. The van der Waals surface area contributed by atoms with Crippen molar-refractivity contribution in [1.82, 2.24) is 24.7 Å². The van der Waals surface area contributed by atoms with E-state index in [0.29, 0.717) is 16.7 Å². The van der Waals surface area contributed by atoms with Crippen molar-refractivity contribution in [3.05, 3.63) is 52.5 Å². The molecule has 0 bridgehead atoms. The van der Waals surface area contributed by atoms with Crippen LogP contribution in [0.1, 0.15) is 10.4 Å². The van der Waals surface area contributed by atoms with Crippen molar-refractivity contribution in [3.8, 4) is 11.5 Å². The van der Waals surface area contributed by atoms with Crippen molar-refractivity contribution < 1.29 is 19.6 Å². The summed E-state index contributed by atoms with van der Waals surface area (Å²) in [5, 5.41) is 30.9. The van der Waals surface area contributed by atoms with Gasteiger partial charge in [-0.3, -0.25) is 19.9 Å². The summed E-state index contributed by atoms with van der Waals surface area (Å²) in [4.78, 5) is 41.6. The summed E-state index contributed by atoms with van der Waals surface area (Å²) < 4.78 is 1.65. The van der Waals surface area contributed by atoms with E-state index in [4.69, 9.17) is 5.11 Å². The number of thioether (sulfide) groups is 1. The molecule has 13 heteroatoms. The van der Waals surface area contributed by atoms with Gasteiger partial charge < -0.3 is 15.0 Å². The zero-order valence-electron chi connectivity index (χ0n) is 14.8. The Morgan fingerprint density at radius 2 is 2.07 bits per heavy atom. The summed E-state index contributed by atoms with van der Waals surface area (Å²) in [6, 6.07) is 3.15. The summed E-state index contributed by atoms with van der Waals surface area (Å²) >= 11 is 1.09. The van der Waals surface area contributed by atoms with Gasteiger partial charge in [0.05, 0.1) is 22.4 Å². The van der Waals surface area contributed by atoms with E-state index in [1.54, 1.807) is 11.6 Å². The van der Waals surface area contributed by atoms with Crippen molar-refractivity contribution >= 4 is 35.0 Å². The Morgan fingerprint density at radius 3 is 2.72 bits per heavy atom.